The van der Waals surface area contributed by atoms with Crippen molar-refractivity contribution in [3.8, 4) is 11.5 Å². The Labute approximate surface area is 188 Å². The summed E-state index contributed by atoms with van der Waals surface area (Å²) in [5.41, 5.74) is -0.540. The number of carboxylic acids is 1. The van der Waals surface area contributed by atoms with Gasteiger partial charge in [0, 0.05) is 24.1 Å². The van der Waals surface area contributed by atoms with Gasteiger partial charge in [0.15, 0.2) is 5.60 Å². The van der Waals surface area contributed by atoms with E-state index in [9.17, 15) is 19.5 Å². The van der Waals surface area contributed by atoms with E-state index >= 15 is 0 Å². The highest BCUT2D eigenvalue weighted by Gasteiger charge is 2.41. The molecule has 10 heteroatoms. The number of anilines is 2. The van der Waals surface area contributed by atoms with Gasteiger partial charge in [-0.05, 0) is 38.1 Å². The zero-order valence-electron chi connectivity index (χ0n) is 17.0. The molecule has 2 aromatic rings. The van der Waals surface area contributed by atoms with Gasteiger partial charge in [0.25, 0.3) is 5.91 Å². The first-order valence-corrected chi connectivity index (χ1v) is 10.0. The summed E-state index contributed by atoms with van der Waals surface area (Å²) in [6.07, 6.45) is -0.0485. The van der Waals surface area contributed by atoms with Crippen molar-refractivity contribution in [1.82, 2.24) is 0 Å². The molecule has 1 heterocycles. The lowest BCUT2D eigenvalue weighted by atomic mass is 10.0. The van der Waals surface area contributed by atoms with Crippen LogP contribution in [-0.4, -0.2) is 42.1 Å². The van der Waals surface area contributed by atoms with Crippen LogP contribution in [0, 0.1) is 0 Å². The molecule has 31 heavy (non-hydrogen) atoms. The fraction of sp³-hybridized carbons (Fsp3) is 0.286. The largest absolute Gasteiger partial charge is 0.496 e. The van der Waals surface area contributed by atoms with E-state index in [-0.39, 0.29) is 40.9 Å². The molecule has 164 valence electrons. The second kappa shape index (κ2) is 8.64. The molecule has 0 aromatic heterocycles. The van der Waals surface area contributed by atoms with Crippen LogP contribution in [0.15, 0.2) is 30.3 Å². The van der Waals surface area contributed by atoms with E-state index < -0.39 is 17.5 Å². The predicted molar refractivity (Wildman–Crippen MR) is 117 cm³/mol. The van der Waals surface area contributed by atoms with Gasteiger partial charge in [-0.3, -0.25) is 9.59 Å². The highest BCUT2D eigenvalue weighted by Crippen LogP contribution is 2.39. The second-order valence-corrected chi connectivity index (χ2v) is 8.16. The van der Waals surface area contributed by atoms with Gasteiger partial charge in [-0.25, -0.2) is 4.79 Å². The lowest BCUT2D eigenvalue weighted by Gasteiger charge is -2.38. The third kappa shape index (κ3) is 4.70. The molecule has 0 saturated heterocycles. The maximum Gasteiger partial charge on any atom is 0.339 e. The Hall–Kier alpha value is -2.97. The molecule has 2 N–H and O–H groups in total. The quantitative estimate of drug-likeness (QED) is 0.659. The number of halogens is 2. The van der Waals surface area contributed by atoms with Gasteiger partial charge < -0.3 is 24.8 Å². The minimum atomic E-state index is -1.21. The number of amides is 2. The Morgan fingerprint density at radius 2 is 1.94 bits per heavy atom. The fourth-order valence-electron chi connectivity index (χ4n) is 3.17. The lowest BCUT2D eigenvalue weighted by molar-refractivity contribution is -0.132. The van der Waals surface area contributed by atoms with Crippen LogP contribution in [0.1, 0.15) is 30.6 Å². The van der Waals surface area contributed by atoms with Crippen molar-refractivity contribution in [2.45, 2.75) is 25.9 Å². The van der Waals surface area contributed by atoms with Crippen molar-refractivity contribution in [2.24, 2.45) is 0 Å². The Kier molecular flexibility index (Phi) is 6.33. The van der Waals surface area contributed by atoms with E-state index in [1.165, 1.54) is 24.1 Å². The first kappa shape index (κ1) is 22.7. The first-order valence-electron chi connectivity index (χ1n) is 9.24. The van der Waals surface area contributed by atoms with Crippen molar-refractivity contribution in [2.75, 3.05) is 23.9 Å². The number of aromatic carboxylic acids is 1. The predicted octanol–water partition coefficient (Wildman–Crippen LogP) is 4.23. The number of rotatable bonds is 6. The van der Waals surface area contributed by atoms with Gasteiger partial charge in [-0.1, -0.05) is 23.2 Å². The number of nitrogens with zero attached hydrogens (tertiary/aromatic N) is 1. The highest BCUT2D eigenvalue weighted by molar-refractivity contribution is 6.34. The smallest absolute Gasteiger partial charge is 0.339 e. The zero-order chi connectivity index (χ0) is 22.9. The summed E-state index contributed by atoms with van der Waals surface area (Å²) in [5, 5.41) is 12.3. The van der Waals surface area contributed by atoms with Crippen molar-refractivity contribution in [3.05, 3.63) is 45.9 Å². The second-order valence-electron chi connectivity index (χ2n) is 7.32. The molecular weight excluding hydrogens is 447 g/mol. The summed E-state index contributed by atoms with van der Waals surface area (Å²) < 4.78 is 10.8. The highest BCUT2D eigenvalue weighted by atomic mass is 35.5. The van der Waals surface area contributed by atoms with Gasteiger partial charge in [-0.15, -0.1) is 0 Å². The Morgan fingerprint density at radius 3 is 2.58 bits per heavy atom. The minimum absolute atomic E-state index is 0.0484. The van der Waals surface area contributed by atoms with Crippen molar-refractivity contribution < 1.29 is 29.0 Å². The number of carbonyl (C=O) groups is 3. The number of hydrogen-bond acceptors (Lipinski definition) is 5. The number of fused-ring (bicyclic) bond motifs is 1. The molecule has 2 amide bonds. The van der Waals surface area contributed by atoms with Crippen molar-refractivity contribution >= 4 is 52.4 Å². The van der Waals surface area contributed by atoms with Crippen LogP contribution in [-0.2, 0) is 9.59 Å². The molecule has 2 aromatic carbocycles. The third-order valence-electron chi connectivity index (χ3n) is 4.69. The Bertz CT molecular complexity index is 1070. The fourth-order valence-corrected chi connectivity index (χ4v) is 3.55. The summed E-state index contributed by atoms with van der Waals surface area (Å²) in [7, 11) is 1.32. The Balaban J connectivity index is 1.78. The van der Waals surface area contributed by atoms with Crippen molar-refractivity contribution in [1.29, 1.82) is 0 Å². The van der Waals surface area contributed by atoms with Crippen LogP contribution < -0.4 is 19.7 Å². The minimum Gasteiger partial charge on any atom is -0.496 e. The number of carbonyl (C=O) groups excluding carboxylic acids is 2. The summed E-state index contributed by atoms with van der Waals surface area (Å²) in [5.74, 6) is -1.39. The molecule has 0 saturated carbocycles. The number of hydrogen-bond donors (Lipinski definition) is 2. The van der Waals surface area contributed by atoms with Crippen LogP contribution in [0.3, 0.4) is 0 Å². The standard InChI is InChI=1S/C21H20Cl2N2O6/c1-21(2)20(29)25(15-8-11(22)4-5-16(15)31-21)7-6-18(26)24-14-10-17(30-3)12(19(27)28)9-13(14)23/h4-5,8-10H,6-7H2,1-3H3,(H,24,26)(H,27,28). The number of benzene rings is 2. The number of ether oxygens (including phenoxy) is 2. The third-order valence-corrected chi connectivity index (χ3v) is 5.24. The molecule has 0 radical (unpaired) electrons. The average Bonchev–Trinajstić information content (AvgIpc) is 2.70. The summed E-state index contributed by atoms with van der Waals surface area (Å²) in [4.78, 5) is 38.1. The van der Waals surface area contributed by atoms with Gasteiger partial charge in [0.05, 0.1) is 23.5 Å². The molecule has 0 spiro atoms. The van der Waals surface area contributed by atoms with E-state index in [0.717, 1.165) is 0 Å². The van der Waals surface area contributed by atoms with Crippen LogP contribution in [0.25, 0.3) is 0 Å². The molecule has 0 atom stereocenters. The maximum absolute atomic E-state index is 12.9. The van der Waals surface area contributed by atoms with Gasteiger partial charge >= 0.3 is 5.97 Å². The summed E-state index contributed by atoms with van der Waals surface area (Å²) >= 11 is 12.2. The molecule has 0 bridgehead atoms. The number of carboxylic acid groups (broad SMARTS) is 1. The van der Waals surface area contributed by atoms with Crippen LogP contribution in [0.4, 0.5) is 11.4 Å². The molecule has 1 aliphatic rings. The number of nitrogens with one attached hydrogen (secondary N) is 1. The van der Waals surface area contributed by atoms with Gasteiger partial charge in [0.1, 0.15) is 17.1 Å². The molecule has 0 aliphatic carbocycles. The topological polar surface area (TPSA) is 105 Å². The van der Waals surface area contributed by atoms with Crippen molar-refractivity contribution in [3.63, 3.8) is 0 Å². The van der Waals surface area contributed by atoms with E-state index in [1.54, 1.807) is 32.0 Å². The molecular formula is C21H20Cl2N2O6. The lowest BCUT2D eigenvalue weighted by Crippen LogP contribution is -2.53. The summed E-state index contributed by atoms with van der Waals surface area (Å²) in [6, 6.07) is 7.48. The van der Waals surface area contributed by atoms with Crippen LogP contribution in [0.5, 0.6) is 11.5 Å². The zero-order valence-corrected chi connectivity index (χ0v) is 18.5. The monoisotopic (exact) mass is 466 g/mol. The first-order chi connectivity index (χ1) is 14.5. The maximum atomic E-state index is 12.9. The van der Waals surface area contributed by atoms with Crippen LogP contribution >= 0.6 is 23.2 Å². The number of methoxy groups -OCH3 is 1. The molecule has 0 fully saturated rings. The normalized spacial score (nSPS) is 14.5. The molecule has 8 nitrogen and oxygen atoms in total. The van der Waals surface area contributed by atoms with Gasteiger partial charge in [0.2, 0.25) is 5.91 Å². The van der Waals surface area contributed by atoms with E-state index in [0.29, 0.717) is 16.5 Å². The molecule has 3 rings (SSSR count). The average molecular weight is 467 g/mol. The van der Waals surface area contributed by atoms with E-state index in [4.69, 9.17) is 32.7 Å². The SMILES string of the molecule is COc1cc(NC(=O)CCN2C(=O)C(C)(C)Oc3ccc(Cl)cc32)c(Cl)cc1C(=O)O. The van der Waals surface area contributed by atoms with E-state index in [2.05, 4.69) is 5.32 Å². The Morgan fingerprint density at radius 1 is 1.23 bits per heavy atom. The van der Waals surface area contributed by atoms with Crippen LogP contribution in [0.2, 0.25) is 10.0 Å². The van der Waals surface area contributed by atoms with Gasteiger partial charge in [-0.2, -0.15) is 0 Å². The van der Waals surface area contributed by atoms with E-state index in [1.807, 2.05) is 0 Å². The molecule has 0 unspecified atom stereocenters. The summed E-state index contributed by atoms with van der Waals surface area (Å²) in [6.45, 7) is 3.37. The molecule has 1 aliphatic heterocycles.